The minimum Gasteiger partial charge on any atom is -0.406 e. The van der Waals surface area contributed by atoms with Gasteiger partial charge in [0.15, 0.2) is 0 Å². The number of carbonyl (C=O) groups excluding carboxylic acids is 1. The van der Waals surface area contributed by atoms with Crippen LogP contribution in [0, 0.1) is 0 Å². The van der Waals surface area contributed by atoms with Gasteiger partial charge in [0.2, 0.25) is 0 Å². The van der Waals surface area contributed by atoms with Crippen LogP contribution in [-0.4, -0.2) is 38.7 Å². The Morgan fingerprint density at radius 1 is 1.18 bits per heavy atom. The summed E-state index contributed by atoms with van der Waals surface area (Å²) in [7, 11) is 0. The zero-order valence-corrected chi connectivity index (χ0v) is 12.3. The number of nitrogens with two attached hydrogens (primary N) is 1. The first-order valence-corrected chi connectivity index (χ1v) is 6.09. The van der Waals surface area contributed by atoms with Gasteiger partial charge in [-0.1, -0.05) is 0 Å². The Labute approximate surface area is 131 Å². The molecular formula is C12H17ClF3N3O3. The molecule has 0 fully saturated rings. The zero-order chi connectivity index (χ0) is 15.7. The number of benzene rings is 1. The maximum atomic E-state index is 12.0. The second-order valence-electron chi connectivity index (χ2n) is 3.85. The molecule has 0 saturated carbocycles. The number of halogens is 4. The zero-order valence-electron chi connectivity index (χ0n) is 11.5. The second-order valence-corrected chi connectivity index (χ2v) is 3.85. The van der Waals surface area contributed by atoms with Gasteiger partial charge in [0.25, 0.3) is 0 Å². The molecule has 1 rings (SSSR count). The lowest BCUT2D eigenvalue weighted by Gasteiger charge is -2.10. The van der Waals surface area contributed by atoms with E-state index in [1.54, 1.807) is 0 Å². The van der Waals surface area contributed by atoms with E-state index in [0.717, 1.165) is 12.1 Å². The third-order valence-electron chi connectivity index (χ3n) is 2.14. The van der Waals surface area contributed by atoms with Crippen LogP contribution in [0.1, 0.15) is 0 Å². The molecule has 0 heterocycles. The first-order chi connectivity index (χ1) is 9.90. The molecule has 0 bridgehead atoms. The van der Waals surface area contributed by atoms with Crippen molar-refractivity contribution in [2.45, 2.75) is 6.36 Å². The van der Waals surface area contributed by atoms with Crippen molar-refractivity contribution in [1.82, 2.24) is 5.32 Å². The Kier molecular flexibility index (Phi) is 9.31. The van der Waals surface area contributed by atoms with Crippen LogP contribution in [0.5, 0.6) is 5.75 Å². The SMILES string of the molecule is Cl.NCCOCCNC(=O)Nc1ccc(OC(F)(F)F)cc1. The van der Waals surface area contributed by atoms with Gasteiger partial charge in [0.1, 0.15) is 5.75 Å². The van der Waals surface area contributed by atoms with Gasteiger partial charge >= 0.3 is 12.4 Å². The Morgan fingerprint density at radius 3 is 2.36 bits per heavy atom. The van der Waals surface area contributed by atoms with Crippen molar-refractivity contribution in [2.24, 2.45) is 5.73 Å². The Balaban J connectivity index is 0.00000441. The summed E-state index contributed by atoms with van der Waals surface area (Å²) in [4.78, 5) is 11.4. The minimum atomic E-state index is -4.74. The minimum absolute atomic E-state index is 0. The average Bonchev–Trinajstić information content (AvgIpc) is 2.39. The monoisotopic (exact) mass is 343 g/mol. The highest BCUT2D eigenvalue weighted by Crippen LogP contribution is 2.23. The van der Waals surface area contributed by atoms with E-state index in [-0.39, 0.29) is 18.2 Å². The van der Waals surface area contributed by atoms with Crippen molar-refractivity contribution in [3.63, 3.8) is 0 Å². The number of alkyl halides is 3. The Hall–Kier alpha value is -1.71. The molecule has 126 valence electrons. The van der Waals surface area contributed by atoms with Crippen molar-refractivity contribution < 1.29 is 27.4 Å². The van der Waals surface area contributed by atoms with E-state index in [0.29, 0.717) is 32.0 Å². The molecule has 0 saturated heterocycles. The van der Waals surface area contributed by atoms with Gasteiger partial charge in [0.05, 0.1) is 13.2 Å². The smallest absolute Gasteiger partial charge is 0.406 e. The number of anilines is 1. The third kappa shape index (κ3) is 9.27. The molecule has 0 aliphatic rings. The lowest BCUT2D eigenvalue weighted by atomic mass is 10.3. The summed E-state index contributed by atoms with van der Waals surface area (Å²) in [6.07, 6.45) is -4.74. The normalized spacial score (nSPS) is 10.5. The quantitative estimate of drug-likeness (QED) is 0.662. The van der Waals surface area contributed by atoms with E-state index in [1.807, 2.05) is 0 Å². The van der Waals surface area contributed by atoms with Crippen LogP contribution < -0.4 is 21.1 Å². The van der Waals surface area contributed by atoms with Gasteiger partial charge in [0, 0.05) is 18.8 Å². The highest BCUT2D eigenvalue weighted by Gasteiger charge is 2.30. The van der Waals surface area contributed by atoms with Crippen LogP contribution in [0.2, 0.25) is 0 Å². The van der Waals surface area contributed by atoms with E-state index in [4.69, 9.17) is 10.5 Å². The van der Waals surface area contributed by atoms with Crippen LogP contribution in [0.4, 0.5) is 23.7 Å². The summed E-state index contributed by atoms with van der Waals surface area (Å²) >= 11 is 0. The maximum Gasteiger partial charge on any atom is 0.573 e. The van der Waals surface area contributed by atoms with Crippen molar-refractivity contribution in [1.29, 1.82) is 0 Å². The number of nitrogens with one attached hydrogen (secondary N) is 2. The predicted octanol–water partition coefficient (Wildman–Crippen LogP) is 2.10. The molecule has 0 radical (unpaired) electrons. The summed E-state index contributed by atoms with van der Waals surface area (Å²) in [5, 5.41) is 4.97. The molecule has 0 spiro atoms. The fraction of sp³-hybridized carbons (Fsp3) is 0.417. The Morgan fingerprint density at radius 2 is 1.82 bits per heavy atom. The van der Waals surface area contributed by atoms with Gasteiger partial charge in [-0.2, -0.15) is 0 Å². The maximum absolute atomic E-state index is 12.0. The molecule has 0 aromatic heterocycles. The Bertz CT molecular complexity index is 443. The summed E-state index contributed by atoms with van der Waals surface area (Å²) in [6.45, 7) is 1.42. The molecular weight excluding hydrogens is 327 g/mol. The highest BCUT2D eigenvalue weighted by atomic mass is 35.5. The molecule has 0 aliphatic heterocycles. The molecule has 6 nitrogen and oxygen atoms in total. The number of amides is 2. The van der Waals surface area contributed by atoms with Crippen LogP contribution in [-0.2, 0) is 4.74 Å². The average molecular weight is 344 g/mol. The number of urea groups is 1. The van der Waals surface area contributed by atoms with Gasteiger partial charge < -0.3 is 25.8 Å². The van der Waals surface area contributed by atoms with Crippen LogP contribution >= 0.6 is 12.4 Å². The lowest BCUT2D eigenvalue weighted by Crippen LogP contribution is -2.31. The van der Waals surface area contributed by atoms with E-state index in [1.165, 1.54) is 12.1 Å². The molecule has 1 aromatic carbocycles. The third-order valence-corrected chi connectivity index (χ3v) is 2.14. The molecule has 4 N–H and O–H groups in total. The van der Waals surface area contributed by atoms with Crippen LogP contribution in [0.25, 0.3) is 0 Å². The molecule has 22 heavy (non-hydrogen) atoms. The molecule has 0 unspecified atom stereocenters. The topological polar surface area (TPSA) is 85.6 Å². The van der Waals surface area contributed by atoms with Crippen molar-refractivity contribution in [2.75, 3.05) is 31.6 Å². The number of hydrogen-bond donors (Lipinski definition) is 3. The summed E-state index contributed by atoms with van der Waals surface area (Å²) in [5.74, 6) is -0.358. The second kappa shape index (κ2) is 10.1. The molecule has 0 aliphatic carbocycles. The van der Waals surface area contributed by atoms with Gasteiger partial charge in [-0.3, -0.25) is 0 Å². The van der Waals surface area contributed by atoms with Crippen LogP contribution in [0.15, 0.2) is 24.3 Å². The van der Waals surface area contributed by atoms with Crippen molar-refractivity contribution >= 4 is 24.1 Å². The van der Waals surface area contributed by atoms with Gasteiger partial charge in [-0.05, 0) is 24.3 Å². The highest BCUT2D eigenvalue weighted by molar-refractivity contribution is 5.89. The van der Waals surface area contributed by atoms with E-state index in [9.17, 15) is 18.0 Å². The first-order valence-electron chi connectivity index (χ1n) is 6.09. The molecule has 10 heteroatoms. The van der Waals surface area contributed by atoms with E-state index >= 15 is 0 Å². The molecule has 2 amide bonds. The number of rotatable bonds is 7. The van der Waals surface area contributed by atoms with E-state index in [2.05, 4.69) is 15.4 Å². The fourth-order valence-corrected chi connectivity index (χ4v) is 1.34. The van der Waals surface area contributed by atoms with Crippen LogP contribution in [0.3, 0.4) is 0 Å². The fourth-order valence-electron chi connectivity index (χ4n) is 1.34. The van der Waals surface area contributed by atoms with Crippen molar-refractivity contribution in [3.8, 4) is 5.75 Å². The van der Waals surface area contributed by atoms with Gasteiger partial charge in [-0.15, -0.1) is 25.6 Å². The first kappa shape index (κ1) is 20.3. The summed E-state index contributed by atoms with van der Waals surface area (Å²) < 4.78 is 44.6. The number of carbonyl (C=O) groups is 1. The molecule has 0 atom stereocenters. The number of hydrogen-bond acceptors (Lipinski definition) is 4. The summed E-state index contributed by atoms with van der Waals surface area (Å²) in [6, 6.07) is 4.31. The van der Waals surface area contributed by atoms with Gasteiger partial charge in [-0.25, -0.2) is 4.79 Å². The van der Waals surface area contributed by atoms with Crippen molar-refractivity contribution in [3.05, 3.63) is 24.3 Å². The standard InChI is InChI=1S/C12H16F3N3O3.ClH/c13-12(14,15)21-10-3-1-9(2-4-10)18-11(19)17-6-8-20-7-5-16;/h1-4H,5-8,16H2,(H2,17,18,19);1H. The molecule has 1 aromatic rings. The largest absolute Gasteiger partial charge is 0.573 e. The lowest BCUT2D eigenvalue weighted by molar-refractivity contribution is -0.274. The summed E-state index contributed by atoms with van der Waals surface area (Å²) in [5.41, 5.74) is 5.56. The predicted molar refractivity (Wildman–Crippen MR) is 77.3 cm³/mol. The van der Waals surface area contributed by atoms with E-state index < -0.39 is 12.4 Å². The number of ether oxygens (including phenoxy) is 2.